The summed E-state index contributed by atoms with van der Waals surface area (Å²) in [7, 11) is 4.01. The van der Waals surface area contributed by atoms with Crippen LogP contribution in [0.25, 0.3) is 21.0 Å². The Bertz CT molecular complexity index is 1230. The van der Waals surface area contributed by atoms with Crippen molar-refractivity contribution in [2.75, 3.05) is 45.6 Å². The Labute approximate surface area is 217 Å². The summed E-state index contributed by atoms with van der Waals surface area (Å²) in [5, 5.41) is 7.52. The number of hydrogen-bond acceptors (Lipinski definition) is 6. The highest BCUT2D eigenvalue weighted by atomic mass is 32.1. The van der Waals surface area contributed by atoms with E-state index in [0.717, 1.165) is 65.9 Å². The lowest BCUT2D eigenvalue weighted by Gasteiger charge is -2.33. The van der Waals surface area contributed by atoms with Crippen molar-refractivity contribution in [2.24, 2.45) is 0 Å². The first-order valence-electron chi connectivity index (χ1n) is 12.7. The van der Waals surface area contributed by atoms with Crippen molar-refractivity contribution in [3.63, 3.8) is 0 Å². The first-order valence-corrected chi connectivity index (χ1v) is 13.6. The molecule has 1 aromatic heterocycles. The van der Waals surface area contributed by atoms with Crippen LogP contribution < -0.4 is 15.4 Å². The fourth-order valence-electron chi connectivity index (χ4n) is 5.03. The van der Waals surface area contributed by atoms with E-state index in [1.165, 1.54) is 16.7 Å². The van der Waals surface area contributed by atoms with E-state index in [1.54, 1.807) is 11.3 Å². The fourth-order valence-corrected chi connectivity index (χ4v) is 6.00. The molecule has 1 aliphatic heterocycles. The highest BCUT2D eigenvalue weighted by molar-refractivity contribution is 7.18. The molecule has 2 amide bonds. The summed E-state index contributed by atoms with van der Waals surface area (Å²) in [5.41, 5.74) is 5.81. The van der Waals surface area contributed by atoms with Gasteiger partial charge in [-0.05, 0) is 68.6 Å². The lowest BCUT2D eigenvalue weighted by Crippen LogP contribution is -2.51. The van der Waals surface area contributed by atoms with Crippen molar-refractivity contribution in [1.29, 1.82) is 0 Å². The molecule has 7 nitrogen and oxygen atoms in total. The number of piperazine rings is 1. The molecular weight excluding hydrogens is 470 g/mol. The molecule has 8 heteroatoms. The molecule has 2 aromatic carbocycles. The summed E-state index contributed by atoms with van der Waals surface area (Å²) in [6.45, 7) is 7.48. The summed E-state index contributed by atoms with van der Waals surface area (Å²) < 4.78 is 5.92. The second-order valence-electron chi connectivity index (χ2n) is 9.86. The van der Waals surface area contributed by atoms with E-state index in [2.05, 4.69) is 52.9 Å². The smallest absolute Gasteiger partial charge is 0.317 e. The van der Waals surface area contributed by atoms with Gasteiger partial charge in [-0.25, -0.2) is 9.78 Å². The van der Waals surface area contributed by atoms with Crippen LogP contribution in [-0.4, -0.2) is 67.2 Å². The Morgan fingerprint density at radius 3 is 2.72 bits per heavy atom. The lowest BCUT2D eigenvalue weighted by atomic mass is 10.0. The van der Waals surface area contributed by atoms with E-state index in [1.807, 2.05) is 38.1 Å². The SMILES string of the molecule is CNc1cc(-c2ncc(-c3cccc4c3CC[C@@H]4NC(=O)N3CCN(C)CC3)s2)ccc1OC(C)C. The van der Waals surface area contributed by atoms with Crippen molar-refractivity contribution in [2.45, 2.75) is 38.8 Å². The third kappa shape index (κ3) is 5.06. The van der Waals surface area contributed by atoms with Gasteiger partial charge in [-0.1, -0.05) is 18.2 Å². The maximum atomic E-state index is 12.9. The number of carbonyl (C=O) groups is 1. The van der Waals surface area contributed by atoms with Gasteiger partial charge in [0.1, 0.15) is 10.8 Å². The minimum Gasteiger partial charge on any atom is -0.489 e. The maximum absolute atomic E-state index is 12.9. The molecular formula is C28H35N5O2S. The van der Waals surface area contributed by atoms with Crippen LogP contribution in [0.5, 0.6) is 5.75 Å². The zero-order chi connectivity index (χ0) is 25.2. The molecule has 190 valence electrons. The van der Waals surface area contributed by atoms with Crippen molar-refractivity contribution in [3.8, 4) is 26.8 Å². The Kier molecular flexibility index (Phi) is 7.16. The number of thiazole rings is 1. The third-order valence-electron chi connectivity index (χ3n) is 6.99. The molecule has 3 aromatic rings. The molecule has 2 heterocycles. The molecule has 2 N–H and O–H groups in total. The molecule has 0 saturated carbocycles. The van der Waals surface area contributed by atoms with Crippen LogP contribution in [-0.2, 0) is 6.42 Å². The van der Waals surface area contributed by atoms with Gasteiger partial charge in [-0.15, -0.1) is 11.3 Å². The molecule has 2 aliphatic rings. The molecule has 1 atom stereocenters. The molecule has 0 radical (unpaired) electrons. The van der Waals surface area contributed by atoms with Crippen molar-refractivity contribution in [1.82, 2.24) is 20.1 Å². The first-order chi connectivity index (χ1) is 17.4. The largest absolute Gasteiger partial charge is 0.489 e. The number of anilines is 1. The molecule has 0 bridgehead atoms. The molecule has 1 saturated heterocycles. The van der Waals surface area contributed by atoms with E-state index in [9.17, 15) is 4.79 Å². The highest BCUT2D eigenvalue weighted by Crippen LogP contribution is 2.41. The number of fused-ring (bicyclic) bond motifs is 1. The van der Waals surface area contributed by atoms with Crippen LogP contribution in [0.4, 0.5) is 10.5 Å². The minimum absolute atomic E-state index is 0.0525. The number of nitrogens with one attached hydrogen (secondary N) is 2. The lowest BCUT2D eigenvalue weighted by molar-refractivity contribution is 0.151. The Morgan fingerprint density at radius 1 is 1.17 bits per heavy atom. The van der Waals surface area contributed by atoms with Crippen LogP contribution in [0.15, 0.2) is 42.6 Å². The second-order valence-corrected chi connectivity index (χ2v) is 10.9. The van der Waals surface area contributed by atoms with Gasteiger partial charge >= 0.3 is 6.03 Å². The summed E-state index contributed by atoms with van der Waals surface area (Å²) in [6, 6.07) is 12.7. The zero-order valence-electron chi connectivity index (χ0n) is 21.5. The van der Waals surface area contributed by atoms with E-state index < -0.39 is 0 Å². The highest BCUT2D eigenvalue weighted by Gasteiger charge is 2.29. The number of urea groups is 1. The zero-order valence-corrected chi connectivity index (χ0v) is 22.3. The standard InChI is InChI=1S/C28H35N5O2S/c1-18(2)35-25-11-8-19(16-24(25)29-3)27-30-17-26(36-27)22-7-5-6-21-20(22)9-10-23(21)31-28(34)33-14-12-32(4)13-15-33/h5-8,11,16-18,23,29H,9-10,12-15H2,1-4H3,(H,31,34)/t23-/m0/s1. The topological polar surface area (TPSA) is 69.7 Å². The molecule has 1 fully saturated rings. The van der Waals surface area contributed by atoms with Crippen LogP contribution in [0.3, 0.4) is 0 Å². The number of nitrogens with zero attached hydrogens (tertiary/aromatic N) is 3. The van der Waals surface area contributed by atoms with Gasteiger partial charge in [0, 0.05) is 45.0 Å². The van der Waals surface area contributed by atoms with Gasteiger partial charge < -0.3 is 25.2 Å². The average molecular weight is 506 g/mol. The number of likely N-dealkylation sites (N-methyl/N-ethyl adjacent to an activating group) is 1. The first kappa shape index (κ1) is 24.6. The van der Waals surface area contributed by atoms with E-state index >= 15 is 0 Å². The monoisotopic (exact) mass is 505 g/mol. The van der Waals surface area contributed by atoms with Crippen LogP contribution in [0, 0.1) is 0 Å². The van der Waals surface area contributed by atoms with Gasteiger partial charge in [0.25, 0.3) is 0 Å². The number of carbonyl (C=O) groups excluding carboxylic acids is 1. The predicted octanol–water partition coefficient (Wildman–Crippen LogP) is 5.25. The maximum Gasteiger partial charge on any atom is 0.317 e. The normalized spacial score (nSPS) is 17.8. The van der Waals surface area contributed by atoms with Crippen LogP contribution in [0.2, 0.25) is 0 Å². The number of hydrogen-bond donors (Lipinski definition) is 2. The number of benzene rings is 2. The molecule has 0 unspecified atom stereocenters. The number of aromatic nitrogens is 1. The molecule has 36 heavy (non-hydrogen) atoms. The van der Waals surface area contributed by atoms with Gasteiger partial charge in [0.05, 0.1) is 22.7 Å². The Hall–Kier alpha value is -3.10. The van der Waals surface area contributed by atoms with Crippen LogP contribution >= 0.6 is 11.3 Å². The summed E-state index contributed by atoms with van der Waals surface area (Å²) in [6.07, 6.45) is 3.98. The number of amides is 2. The summed E-state index contributed by atoms with van der Waals surface area (Å²) in [5.74, 6) is 0.846. The second kappa shape index (κ2) is 10.5. The third-order valence-corrected chi connectivity index (χ3v) is 8.07. The minimum atomic E-state index is 0.0525. The molecule has 1 aliphatic carbocycles. The number of rotatable bonds is 6. The number of ether oxygens (including phenoxy) is 1. The van der Waals surface area contributed by atoms with E-state index in [4.69, 9.17) is 9.72 Å². The summed E-state index contributed by atoms with van der Waals surface area (Å²) >= 11 is 1.70. The quantitative estimate of drug-likeness (QED) is 0.479. The van der Waals surface area contributed by atoms with Crippen LogP contribution in [0.1, 0.15) is 37.4 Å². The van der Waals surface area contributed by atoms with E-state index in [-0.39, 0.29) is 18.2 Å². The predicted molar refractivity (Wildman–Crippen MR) is 147 cm³/mol. The van der Waals surface area contributed by atoms with Gasteiger partial charge in [-0.3, -0.25) is 0 Å². The molecule has 0 spiro atoms. The van der Waals surface area contributed by atoms with Crippen molar-refractivity contribution in [3.05, 3.63) is 53.7 Å². The van der Waals surface area contributed by atoms with Gasteiger partial charge in [0.15, 0.2) is 0 Å². The van der Waals surface area contributed by atoms with E-state index in [0.29, 0.717) is 0 Å². The summed E-state index contributed by atoms with van der Waals surface area (Å²) in [4.78, 5) is 23.0. The van der Waals surface area contributed by atoms with Gasteiger partial charge in [-0.2, -0.15) is 0 Å². The van der Waals surface area contributed by atoms with Gasteiger partial charge in [0.2, 0.25) is 0 Å². The van der Waals surface area contributed by atoms with Crippen molar-refractivity contribution >= 4 is 23.1 Å². The molecule has 5 rings (SSSR count). The average Bonchev–Trinajstić information content (AvgIpc) is 3.52. The Balaban J connectivity index is 1.35. The van der Waals surface area contributed by atoms with Crippen molar-refractivity contribution < 1.29 is 9.53 Å². The fraction of sp³-hybridized carbons (Fsp3) is 0.429. The Morgan fingerprint density at radius 2 is 1.97 bits per heavy atom.